The number of hydrogen-bond acceptors (Lipinski definition) is 3. The maximum absolute atomic E-state index is 10.3. The lowest BCUT2D eigenvalue weighted by atomic mass is 10.2. The molecular formula is C14H20O3. The van der Waals surface area contributed by atoms with Gasteiger partial charge in [-0.15, -0.1) is 0 Å². The summed E-state index contributed by atoms with van der Waals surface area (Å²) in [5.41, 5.74) is 1.02. The molecular weight excluding hydrogens is 216 g/mol. The monoisotopic (exact) mass is 236 g/mol. The van der Waals surface area contributed by atoms with Crippen molar-refractivity contribution in [3.05, 3.63) is 29.8 Å². The predicted octanol–water partition coefficient (Wildman–Crippen LogP) is 2.62. The van der Waals surface area contributed by atoms with Crippen molar-refractivity contribution in [3.8, 4) is 5.75 Å². The molecule has 3 heteroatoms. The maximum atomic E-state index is 10.3. The van der Waals surface area contributed by atoms with E-state index < -0.39 is 0 Å². The van der Waals surface area contributed by atoms with Gasteiger partial charge in [-0.25, -0.2) is 0 Å². The van der Waals surface area contributed by atoms with Crippen LogP contribution in [0.3, 0.4) is 0 Å². The number of methoxy groups -OCH3 is 1. The fourth-order valence-electron chi connectivity index (χ4n) is 1.53. The molecule has 0 fully saturated rings. The van der Waals surface area contributed by atoms with E-state index in [1.165, 1.54) is 0 Å². The summed E-state index contributed by atoms with van der Waals surface area (Å²) in [5.74, 6) is 0.867. The molecule has 0 amide bonds. The Hall–Kier alpha value is -1.35. The molecule has 0 saturated heterocycles. The van der Waals surface area contributed by atoms with Crippen molar-refractivity contribution in [2.45, 2.75) is 25.7 Å². The Morgan fingerprint density at radius 2 is 1.76 bits per heavy atom. The Bertz CT molecular complexity index is 306. The number of rotatable bonds is 9. The van der Waals surface area contributed by atoms with Gasteiger partial charge in [0.05, 0.1) is 6.61 Å². The first-order valence-electron chi connectivity index (χ1n) is 6.01. The van der Waals surface area contributed by atoms with E-state index >= 15 is 0 Å². The summed E-state index contributed by atoms with van der Waals surface area (Å²) in [6.07, 6.45) is 4.62. The molecule has 17 heavy (non-hydrogen) atoms. The summed E-state index contributed by atoms with van der Waals surface area (Å²) >= 11 is 0. The summed E-state index contributed by atoms with van der Waals surface area (Å²) in [4.78, 5) is 10.3. The Labute approximate surface area is 103 Å². The van der Waals surface area contributed by atoms with Crippen LogP contribution < -0.4 is 4.74 Å². The summed E-state index contributed by atoms with van der Waals surface area (Å²) in [6.45, 7) is 1.55. The molecule has 0 bridgehead atoms. The van der Waals surface area contributed by atoms with Crippen LogP contribution in [0, 0.1) is 0 Å². The van der Waals surface area contributed by atoms with E-state index in [0.717, 1.165) is 50.1 Å². The minimum Gasteiger partial charge on any atom is -0.494 e. The molecule has 0 unspecified atom stereocenters. The largest absolute Gasteiger partial charge is 0.494 e. The lowest BCUT2D eigenvalue weighted by molar-refractivity contribution is -0.107. The normalized spacial score (nSPS) is 10.2. The molecule has 3 nitrogen and oxygen atoms in total. The van der Waals surface area contributed by atoms with E-state index in [1.807, 2.05) is 24.3 Å². The van der Waals surface area contributed by atoms with Crippen molar-refractivity contribution in [2.75, 3.05) is 20.3 Å². The molecule has 0 saturated carbocycles. The lowest BCUT2D eigenvalue weighted by Crippen LogP contribution is -1.98. The second-order valence-corrected chi connectivity index (χ2v) is 3.92. The highest BCUT2D eigenvalue weighted by molar-refractivity contribution is 5.55. The number of unbranched alkanes of at least 4 members (excludes halogenated alkanes) is 2. The van der Waals surface area contributed by atoms with Gasteiger partial charge < -0.3 is 14.3 Å². The average molecular weight is 236 g/mol. The first kappa shape index (κ1) is 13.7. The molecule has 1 rings (SSSR count). The third kappa shape index (κ3) is 6.07. The van der Waals surface area contributed by atoms with Crippen LogP contribution in [0.15, 0.2) is 24.3 Å². The molecule has 0 N–H and O–H groups in total. The molecule has 0 aliphatic rings. The molecule has 0 atom stereocenters. The van der Waals surface area contributed by atoms with Crippen LogP contribution in [0.2, 0.25) is 0 Å². The van der Waals surface area contributed by atoms with Gasteiger partial charge in [0, 0.05) is 20.1 Å². The van der Waals surface area contributed by atoms with Crippen molar-refractivity contribution >= 4 is 6.29 Å². The second-order valence-electron chi connectivity index (χ2n) is 3.92. The highest BCUT2D eigenvalue weighted by Gasteiger charge is 1.95. The topological polar surface area (TPSA) is 35.5 Å². The minimum absolute atomic E-state index is 0.470. The fourth-order valence-corrected chi connectivity index (χ4v) is 1.53. The highest BCUT2D eigenvalue weighted by Crippen LogP contribution is 2.12. The third-order valence-electron chi connectivity index (χ3n) is 2.50. The lowest BCUT2D eigenvalue weighted by Gasteiger charge is -2.06. The van der Waals surface area contributed by atoms with Crippen LogP contribution in [0.5, 0.6) is 5.75 Å². The molecule has 1 aromatic carbocycles. The van der Waals surface area contributed by atoms with E-state index in [0.29, 0.717) is 6.42 Å². The van der Waals surface area contributed by atoms with Crippen LogP contribution in [0.4, 0.5) is 0 Å². The number of carbonyl (C=O) groups is 1. The maximum Gasteiger partial charge on any atom is 0.124 e. The Morgan fingerprint density at radius 3 is 2.41 bits per heavy atom. The van der Waals surface area contributed by atoms with Crippen LogP contribution >= 0.6 is 0 Å². The van der Waals surface area contributed by atoms with Crippen molar-refractivity contribution in [1.29, 1.82) is 0 Å². The molecule has 94 valence electrons. The molecule has 0 spiro atoms. The summed E-state index contributed by atoms with van der Waals surface area (Å²) in [6, 6.07) is 7.67. The van der Waals surface area contributed by atoms with Gasteiger partial charge in [-0.3, -0.25) is 0 Å². The summed E-state index contributed by atoms with van der Waals surface area (Å²) < 4.78 is 10.6. The Kier molecular flexibility index (Phi) is 7.07. The zero-order valence-corrected chi connectivity index (χ0v) is 10.4. The first-order valence-corrected chi connectivity index (χ1v) is 6.01. The van der Waals surface area contributed by atoms with Crippen LogP contribution in [-0.4, -0.2) is 26.6 Å². The standard InChI is InChI=1S/C14H20O3/c1-16-11-3-2-4-12-17-14-7-5-13(6-8-14)9-10-15/h5-8,10H,2-4,9,11-12H2,1H3. The van der Waals surface area contributed by atoms with Crippen molar-refractivity contribution < 1.29 is 14.3 Å². The molecule has 0 radical (unpaired) electrons. The van der Waals surface area contributed by atoms with E-state index in [-0.39, 0.29) is 0 Å². The van der Waals surface area contributed by atoms with Gasteiger partial charge in [-0.05, 0) is 37.0 Å². The highest BCUT2D eigenvalue weighted by atomic mass is 16.5. The van der Waals surface area contributed by atoms with Crippen molar-refractivity contribution in [1.82, 2.24) is 0 Å². The first-order chi connectivity index (χ1) is 8.36. The number of carbonyl (C=O) groups excluding carboxylic acids is 1. The predicted molar refractivity (Wildman–Crippen MR) is 67.4 cm³/mol. The van der Waals surface area contributed by atoms with Gasteiger partial charge in [0.15, 0.2) is 0 Å². The summed E-state index contributed by atoms with van der Waals surface area (Å²) in [7, 11) is 1.72. The van der Waals surface area contributed by atoms with E-state index in [1.54, 1.807) is 7.11 Å². The molecule has 1 aromatic rings. The van der Waals surface area contributed by atoms with Crippen molar-refractivity contribution in [3.63, 3.8) is 0 Å². The molecule has 0 aliphatic carbocycles. The summed E-state index contributed by atoms with van der Waals surface area (Å²) in [5, 5.41) is 0. The SMILES string of the molecule is COCCCCCOc1ccc(CC=O)cc1. The molecule has 0 heterocycles. The molecule has 0 aliphatic heterocycles. The average Bonchev–Trinajstić information content (AvgIpc) is 2.36. The fraction of sp³-hybridized carbons (Fsp3) is 0.500. The van der Waals surface area contributed by atoms with Crippen LogP contribution in [0.1, 0.15) is 24.8 Å². The van der Waals surface area contributed by atoms with Gasteiger partial charge in [-0.1, -0.05) is 12.1 Å². The Morgan fingerprint density at radius 1 is 1.06 bits per heavy atom. The van der Waals surface area contributed by atoms with Gasteiger partial charge in [0.1, 0.15) is 12.0 Å². The van der Waals surface area contributed by atoms with Crippen molar-refractivity contribution in [2.24, 2.45) is 0 Å². The van der Waals surface area contributed by atoms with E-state index in [4.69, 9.17) is 9.47 Å². The van der Waals surface area contributed by atoms with Gasteiger partial charge in [0.2, 0.25) is 0 Å². The number of benzene rings is 1. The minimum atomic E-state index is 0.470. The molecule has 0 aromatic heterocycles. The number of ether oxygens (including phenoxy) is 2. The second kappa shape index (κ2) is 8.76. The van der Waals surface area contributed by atoms with Crippen LogP contribution in [0.25, 0.3) is 0 Å². The van der Waals surface area contributed by atoms with Gasteiger partial charge >= 0.3 is 0 Å². The van der Waals surface area contributed by atoms with E-state index in [9.17, 15) is 4.79 Å². The Balaban J connectivity index is 2.16. The van der Waals surface area contributed by atoms with E-state index in [2.05, 4.69) is 0 Å². The number of aldehydes is 1. The zero-order chi connectivity index (χ0) is 12.3. The number of hydrogen-bond donors (Lipinski definition) is 0. The van der Waals surface area contributed by atoms with Crippen LogP contribution in [-0.2, 0) is 16.0 Å². The smallest absolute Gasteiger partial charge is 0.124 e. The quantitative estimate of drug-likeness (QED) is 0.488. The van der Waals surface area contributed by atoms with Gasteiger partial charge in [0.25, 0.3) is 0 Å². The zero-order valence-electron chi connectivity index (χ0n) is 10.4. The van der Waals surface area contributed by atoms with Gasteiger partial charge in [-0.2, -0.15) is 0 Å². The third-order valence-corrected chi connectivity index (χ3v) is 2.50.